The van der Waals surface area contributed by atoms with Gasteiger partial charge in [-0.2, -0.15) is 0 Å². The lowest BCUT2D eigenvalue weighted by Gasteiger charge is -2.14. The standard InChI is InChI=1S/C16H24O2/c1-4-7-9-13(5-2)16(17)14-10-8-11-15(12-14)18-6-3/h8,10-13H,4-7,9H2,1-3H3. The Morgan fingerprint density at radius 1 is 1.28 bits per heavy atom. The van der Waals surface area contributed by atoms with Crippen LogP contribution in [0.1, 0.15) is 56.8 Å². The van der Waals surface area contributed by atoms with Crippen LogP contribution in [0.15, 0.2) is 24.3 Å². The van der Waals surface area contributed by atoms with Crippen molar-refractivity contribution in [2.24, 2.45) is 5.92 Å². The van der Waals surface area contributed by atoms with Crippen molar-refractivity contribution in [2.75, 3.05) is 6.61 Å². The fourth-order valence-corrected chi connectivity index (χ4v) is 2.11. The first-order valence-electron chi connectivity index (χ1n) is 6.99. The van der Waals surface area contributed by atoms with Crippen LogP contribution >= 0.6 is 0 Å². The maximum Gasteiger partial charge on any atom is 0.166 e. The van der Waals surface area contributed by atoms with E-state index in [9.17, 15) is 4.79 Å². The van der Waals surface area contributed by atoms with Crippen molar-refractivity contribution < 1.29 is 9.53 Å². The minimum Gasteiger partial charge on any atom is -0.494 e. The number of carbonyl (C=O) groups is 1. The molecule has 0 heterocycles. The van der Waals surface area contributed by atoms with E-state index in [0.29, 0.717) is 6.61 Å². The van der Waals surface area contributed by atoms with E-state index in [-0.39, 0.29) is 11.7 Å². The second-order valence-corrected chi connectivity index (χ2v) is 4.57. The van der Waals surface area contributed by atoms with E-state index in [1.807, 2.05) is 31.2 Å². The normalized spacial score (nSPS) is 12.2. The van der Waals surface area contributed by atoms with Crippen LogP contribution in [0.5, 0.6) is 5.75 Å². The van der Waals surface area contributed by atoms with Crippen molar-refractivity contribution in [2.45, 2.75) is 46.5 Å². The number of rotatable bonds is 8. The van der Waals surface area contributed by atoms with E-state index in [1.165, 1.54) is 0 Å². The number of hydrogen-bond donors (Lipinski definition) is 0. The zero-order chi connectivity index (χ0) is 13.4. The molecule has 0 aromatic heterocycles. The SMILES string of the molecule is CCCCC(CC)C(=O)c1cccc(OCC)c1. The lowest BCUT2D eigenvalue weighted by molar-refractivity contribution is 0.0907. The molecule has 1 unspecified atom stereocenters. The highest BCUT2D eigenvalue weighted by atomic mass is 16.5. The first-order chi connectivity index (χ1) is 8.72. The maximum absolute atomic E-state index is 12.4. The molecular formula is C16H24O2. The van der Waals surface area contributed by atoms with Gasteiger partial charge in [0.1, 0.15) is 5.75 Å². The number of ether oxygens (including phenoxy) is 1. The van der Waals surface area contributed by atoms with Gasteiger partial charge < -0.3 is 4.74 Å². The topological polar surface area (TPSA) is 26.3 Å². The first-order valence-corrected chi connectivity index (χ1v) is 6.99. The summed E-state index contributed by atoms with van der Waals surface area (Å²) in [6.45, 7) is 6.83. The molecule has 0 bridgehead atoms. The molecule has 0 aliphatic rings. The average Bonchev–Trinajstić information content (AvgIpc) is 2.40. The minimum absolute atomic E-state index is 0.154. The van der Waals surface area contributed by atoms with Crippen molar-refractivity contribution in [3.05, 3.63) is 29.8 Å². The Morgan fingerprint density at radius 3 is 2.67 bits per heavy atom. The van der Waals surface area contributed by atoms with Gasteiger partial charge in [-0.1, -0.05) is 38.8 Å². The largest absolute Gasteiger partial charge is 0.494 e. The fraction of sp³-hybridized carbons (Fsp3) is 0.562. The molecule has 0 aliphatic heterocycles. The number of carbonyl (C=O) groups excluding carboxylic acids is 1. The Morgan fingerprint density at radius 2 is 2.06 bits per heavy atom. The molecule has 0 spiro atoms. The van der Waals surface area contributed by atoms with E-state index in [2.05, 4.69) is 13.8 Å². The van der Waals surface area contributed by atoms with Crippen molar-refractivity contribution >= 4 is 5.78 Å². The van der Waals surface area contributed by atoms with Crippen LogP contribution in [0, 0.1) is 5.92 Å². The van der Waals surface area contributed by atoms with Gasteiger partial charge in [-0.25, -0.2) is 0 Å². The predicted molar refractivity (Wildman–Crippen MR) is 75.2 cm³/mol. The molecule has 1 aromatic carbocycles. The molecule has 0 fully saturated rings. The van der Waals surface area contributed by atoms with Gasteiger partial charge in [0.2, 0.25) is 0 Å². The molecule has 100 valence electrons. The third kappa shape index (κ3) is 4.17. The summed E-state index contributed by atoms with van der Waals surface area (Å²) in [6.07, 6.45) is 4.17. The Hall–Kier alpha value is -1.31. The molecule has 2 heteroatoms. The molecule has 0 amide bonds. The molecule has 0 radical (unpaired) electrons. The van der Waals surface area contributed by atoms with Crippen LogP contribution in [0.4, 0.5) is 0 Å². The van der Waals surface area contributed by atoms with Crippen LogP contribution in [0.2, 0.25) is 0 Å². The third-order valence-corrected chi connectivity index (χ3v) is 3.20. The number of benzene rings is 1. The van der Waals surface area contributed by atoms with E-state index in [0.717, 1.165) is 37.0 Å². The number of Topliss-reactive ketones (excluding diaryl/α,β-unsaturated/α-hetero) is 1. The van der Waals surface area contributed by atoms with Crippen molar-refractivity contribution in [1.29, 1.82) is 0 Å². The Bertz CT molecular complexity index is 371. The third-order valence-electron chi connectivity index (χ3n) is 3.20. The predicted octanol–water partition coefficient (Wildman–Crippen LogP) is 4.48. The molecule has 0 aliphatic carbocycles. The smallest absolute Gasteiger partial charge is 0.166 e. The highest BCUT2D eigenvalue weighted by Crippen LogP contribution is 2.21. The summed E-state index contributed by atoms with van der Waals surface area (Å²) in [7, 11) is 0. The van der Waals surface area contributed by atoms with Gasteiger partial charge in [-0.15, -0.1) is 0 Å². The van der Waals surface area contributed by atoms with Gasteiger partial charge in [-0.05, 0) is 31.9 Å². The van der Waals surface area contributed by atoms with Gasteiger partial charge in [0.15, 0.2) is 5.78 Å². The molecule has 2 nitrogen and oxygen atoms in total. The molecule has 1 rings (SSSR count). The summed E-state index contributed by atoms with van der Waals surface area (Å²) in [5.74, 6) is 1.20. The summed E-state index contributed by atoms with van der Waals surface area (Å²) in [4.78, 5) is 12.4. The zero-order valence-corrected chi connectivity index (χ0v) is 11.7. The molecule has 1 atom stereocenters. The van der Waals surface area contributed by atoms with E-state index < -0.39 is 0 Å². The molecule has 1 aromatic rings. The van der Waals surface area contributed by atoms with Gasteiger partial charge in [0.05, 0.1) is 6.61 Å². The van der Waals surface area contributed by atoms with Gasteiger partial charge >= 0.3 is 0 Å². The highest BCUT2D eigenvalue weighted by Gasteiger charge is 2.17. The van der Waals surface area contributed by atoms with Crippen molar-refractivity contribution in [3.8, 4) is 5.75 Å². The highest BCUT2D eigenvalue weighted by molar-refractivity contribution is 5.98. The molecule has 0 saturated heterocycles. The van der Waals surface area contributed by atoms with Crippen molar-refractivity contribution in [1.82, 2.24) is 0 Å². The maximum atomic E-state index is 12.4. The van der Waals surface area contributed by atoms with Crippen LogP contribution in [0.25, 0.3) is 0 Å². The van der Waals surface area contributed by atoms with Crippen LogP contribution in [-0.4, -0.2) is 12.4 Å². The second-order valence-electron chi connectivity index (χ2n) is 4.57. The summed E-state index contributed by atoms with van der Waals surface area (Å²) in [5, 5.41) is 0. The minimum atomic E-state index is 0.154. The monoisotopic (exact) mass is 248 g/mol. The molecule has 0 saturated carbocycles. The lowest BCUT2D eigenvalue weighted by atomic mass is 9.90. The summed E-state index contributed by atoms with van der Waals surface area (Å²) in [6, 6.07) is 7.54. The summed E-state index contributed by atoms with van der Waals surface area (Å²) in [5.41, 5.74) is 0.781. The van der Waals surface area contributed by atoms with E-state index in [1.54, 1.807) is 0 Å². The molecule has 18 heavy (non-hydrogen) atoms. The number of ketones is 1. The second kappa shape index (κ2) is 7.91. The first kappa shape index (κ1) is 14.7. The van der Waals surface area contributed by atoms with Crippen LogP contribution in [-0.2, 0) is 0 Å². The quantitative estimate of drug-likeness (QED) is 0.634. The van der Waals surface area contributed by atoms with Crippen molar-refractivity contribution in [3.63, 3.8) is 0 Å². The van der Waals surface area contributed by atoms with E-state index in [4.69, 9.17) is 4.74 Å². The Balaban J connectivity index is 2.77. The average molecular weight is 248 g/mol. The molecular weight excluding hydrogens is 224 g/mol. The van der Waals surface area contributed by atoms with E-state index >= 15 is 0 Å². The number of unbranched alkanes of at least 4 members (excludes halogenated alkanes) is 1. The Labute approximate surface area is 110 Å². The Kier molecular flexibility index (Phi) is 6.48. The van der Waals surface area contributed by atoms with Crippen LogP contribution < -0.4 is 4.74 Å². The van der Waals surface area contributed by atoms with Gasteiger partial charge in [0, 0.05) is 11.5 Å². The van der Waals surface area contributed by atoms with Gasteiger partial charge in [-0.3, -0.25) is 4.79 Å². The zero-order valence-electron chi connectivity index (χ0n) is 11.7. The lowest BCUT2D eigenvalue weighted by Crippen LogP contribution is -2.14. The van der Waals surface area contributed by atoms with Crippen LogP contribution in [0.3, 0.4) is 0 Å². The molecule has 0 N–H and O–H groups in total. The van der Waals surface area contributed by atoms with Gasteiger partial charge in [0.25, 0.3) is 0 Å². The fourth-order valence-electron chi connectivity index (χ4n) is 2.11. The number of hydrogen-bond acceptors (Lipinski definition) is 2. The summed E-state index contributed by atoms with van der Waals surface area (Å²) >= 11 is 0. The summed E-state index contributed by atoms with van der Waals surface area (Å²) < 4.78 is 5.44.